The number of nitrogens with zero attached hydrogens (tertiary/aromatic N) is 1. The summed E-state index contributed by atoms with van der Waals surface area (Å²) >= 11 is 0. The Hall–Kier alpha value is -2.43. The van der Waals surface area contributed by atoms with Crippen molar-refractivity contribution >= 4 is 12.1 Å². The molecule has 4 nitrogen and oxygen atoms in total. The molecule has 0 aliphatic carbocycles. The van der Waals surface area contributed by atoms with E-state index in [2.05, 4.69) is 0 Å². The molecule has 0 atom stereocenters. The number of Topliss-reactive ketones (excluding diaryl/α,β-unsaturated/α-hetero) is 1. The number of carbonyl (C=O) groups is 2. The number of hydrogen-bond acceptors (Lipinski definition) is 3. The lowest BCUT2D eigenvalue weighted by Crippen LogP contribution is -2.13. The van der Waals surface area contributed by atoms with Gasteiger partial charge in [-0.25, -0.2) is 4.39 Å². The third-order valence-electron chi connectivity index (χ3n) is 3.53. The maximum absolute atomic E-state index is 13.6. The standard InChI is InChI=1S/C16H16FNO3/c1-10-6-13(11(2)18(10)3)15(20)9-21-16-5-4-12(8-19)7-14(16)17/h4-8H,9H2,1-3H3. The molecule has 0 spiro atoms. The average molecular weight is 289 g/mol. The number of hydrogen-bond donors (Lipinski definition) is 0. The van der Waals surface area contributed by atoms with E-state index in [1.807, 2.05) is 25.5 Å². The van der Waals surface area contributed by atoms with E-state index in [1.165, 1.54) is 12.1 Å². The lowest BCUT2D eigenvalue weighted by Gasteiger charge is -2.07. The fourth-order valence-corrected chi connectivity index (χ4v) is 2.07. The zero-order valence-electron chi connectivity index (χ0n) is 12.1. The molecule has 0 radical (unpaired) electrons. The van der Waals surface area contributed by atoms with Crippen molar-refractivity contribution in [1.29, 1.82) is 0 Å². The Morgan fingerprint density at radius 1 is 1.33 bits per heavy atom. The highest BCUT2D eigenvalue weighted by atomic mass is 19.1. The molecule has 0 N–H and O–H groups in total. The smallest absolute Gasteiger partial charge is 0.202 e. The highest BCUT2D eigenvalue weighted by molar-refractivity contribution is 5.98. The van der Waals surface area contributed by atoms with Crippen molar-refractivity contribution in [3.05, 3.63) is 52.6 Å². The molecule has 1 heterocycles. The summed E-state index contributed by atoms with van der Waals surface area (Å²) in [6.45, 7) is 3.50. The minimum Gasteiger partial charge on any atom is -0.482 e. The van der Waals surface area contributed by atoms with Gasteiger partial charge in [0.25, 0.3) is 0 Å². The van der Waals surface area contributed by atoms with Crippen LogP contribution in [0, 0.1) is 19.7 Å². The summed E-state index contributed by atoms with van der Waals surface area (Å²) < 4.78 is 20.8. The van der Waals surface area contributed by atoms with Crippen molar-refractivity contribution < 1.29 is 18.7 Å². The second-order valence-electron chi connectivity index (χ2n) is 4.86. The van der Waals surface area contributed by atoms with Crippen molar-refractivity contribution in [2.75, 3.05) is 6.61 Å². The molecule has 0 aliphatic heterocycles. The van der Waals surface area contributed by atoms with E-state index in [-0.39, 0.29) is 23.7 Å². The monoisotopic (exact) mass is 289 g/mol. The minimum absolute atomic E-state index is 0.0424. The van der Waals surface area contributed by atoms with Crippen LogP contribution in [0.5, 0.6) is 5.75 Å². The van der Waals surface area contributed by atoms with Gasteiger partial charge in [-0.3, -0.25) is 9.59 Å². The van der Waals surface area contributed by atoms with Gasteiger partial charge in [0.2, 0.25) is 5.78 Å². The molecule has 0 saturated heterocycles. The summed E-state index contributed by atoms with van der Waals surface area (Å²) in [5.41, 5.74) is 2.61. The Morgan fingerprint density at radius 2 is 2.05 bits per heavy atom. The molecule has 110 valence electrons. The van der Waals surface area contributed by atoms with Crippen molar-refractivity contribution in [1.82, 2.24) is 4.57 Å². The highest BCUT2D eigenvalue weighted by Gasteiger charge is 2.15. The largest absolute Gasteiger partial charge is 0.482 e. The van der Waals surface area contributed by atoms with Gasteiger partial charge >= 0.3 is 0 Å². The number of aldehydes is 1. The summed E-state index contributed by atoms with van der Waals surface area (Å²) in [5, 5.41) is 0. The van der Waals surface area contributed by atoms with E-state index in [4.69, 9.17) is 4.74 Å². The molecule has 1 aromatic heterocycles. The van der Waals surface area contributed by atoms with E-state index in [1.54, 1.807) is 6.07 Å². The molecular weight excluding hydrogens is 273 g/mol. The fraction of sp³-hybridized carbons (Fsp3) is 0.250. The normalized spacial score (nSPS) is 10.5. The highest BCUT2D eigenvalue weighted by Crippen LogP contribution is 2.19. The first-order chi connectivity index (χ1) is 9.93. The van der Waals surface area contributed by atoms with Crippen molar-refractivity contribution in [2.45, 2.75) is 13.8 Å². The molecule has 0 saturated carbocycles. The van der Waals surface area contributed by atoms with Gasteiger partial charge in [0.1, 0.15) is 6.29 Å². The fourth-order valence-electron chi connectivity index (χ4n) is 2.07. The number of benzene rings is 1. The molecule has 1 aromatic carbocycles. The Kier molecular flexibility index (Phi) is 4.21. The molecule has 5 heteroatoms. The van der Waals surface area contributed by atoms with E-state index in [0.717, 1.165) is 17.5 Å². The molecular formula is C16H16FNO3. The Labute approximate surface area is 122 Å². The SMILES string of the molecule is Cc1cc(C(=O)COc2ccc(C=O)cc2F)c(C)n1C. The van der Waals surface area contributed by atoms with Crippen LogP contribution in [0.15, 0.2) is 24.3 Å². The van der Waals surface area contributed by atoms with Crippen LogP contribution in [0.2, 0.25) is 0 Å². The summed E-state index contributed by atoms with van der Waals surface area (Å²) in [5.74, 6) is -0.914. The number of ketones is 1. The van der Waals surface area contributed by atoms with Crippen LogP contribution in [0.4, 0.5) is 4.39 Å². The van der Waals surface area contributed by atoms with E-state index in [0.29, 0.717) is 11.8 Å². The van der Waals surface area contributed by atoms with Crippen LogP contribution in [-0.4, -0.2) is 23.2 Å². The predicted molar refractivity (Wildman–Crippen MR) is 76.5 cm³/mol. The van der Waals surface area contributed by atoms with Gasteiger partial charge in [0.05, 0.1) is 0 Å². The van der Waals surface area contributed by atoms with Crippen LogP contribution < -0.4 is 4.74 Å². The number of ether oxygens (including phenoxy) is 1. The van der Waals surface area contributed by atoms with Gasteiger partial charge in [0, 0.05) is 29.6 Å². The first-order valence-corrected chi connectivity index (χ1v) is 6.47. The van der Waals surface area contributed by atoms with Crippen LogP contribution >= 0.6 is 0 Å². The van der Waals surface area contributed by atoms with E-state index >= 15 is 0 Å². The molecule has 21 heavy (non-hydrogen) atoms. The van der Waals surface area contributed by atoms with Gasteiger partial charge in [-0.15, -0.1) is 0 Å². The first kappa shape index (κ1) is 15.0. The lowest BCUT2D eigenvalue weighted by atomic mass is 10.1. The topological polar surface area (TPSA) is 48.3 Å². The second kappa shape index (κ2) is 5.91. The van der Waals surface area contributed by atoms with Crippen molar-refractivity contribution in [3.8, 4) is 5.75 Å². The van der Waals surface area contributed by atoms with Gasteiger partial charge in [-0.05, 0) is 38.1 Å². The summed E-state index contributed by atoms with van der Waals surface area (Å²) in [6.07, 6.45) is 0.550. The average Bonchev–Trinajstić information content (AvgIpc) is 2.73. The van der Waals surface area contributed by atoms with Crippen LogP contribution in [0.3, 0.4) is 0 Å². The Morgan fingerprint density at radius 3 is 2.57 bits per heavy atom. The lowest BCUT2D eigenvalue weighted by molar-refractivity contribution is 0.0917. The number of rotatable bonds is 5. The molecule has 0 aliphatic rings. The third-order valence-corrected chi connectivity index (χ3v) is 3.53. The van der Waals surface area contributed by atoms with Crippen molar-refractivity contribution in [2.24, 2.45) is 7.05 Å². The maximum atomic E-state index is 13.6. The maximum Gasteiger partial charge on any atom is 0.202 e. The third kappa shape index (κ3) is 3.02. The molecule has 0 fully saturated rings. The van der Waals surface area contributed by atoms with Crippen LogP contribution in [0.25, 0.3) is 0 Å². The first-order valence-electron chi connectivity index (χ1n) is 6.47. The van der Waals surface area contributed by atoms with E-state index < -0.39 is 5.82 Å². The van der Waals surface area contributed by atoms with Gasteiger partial charge in [-0.2, -0.15) is 0 Å². The number of halogens is 1. The Balaban J connectivity index is 2.11. The quantitative estimate of drug-likeness (QED) is 0.628. The second-order valence-corrected chi connectivity index (χ2v) is 4.86. The Bertz CT molecular complexity index is 704. The van der Waals surface area contributed by atoms with Crippen molar-refractivity contribution in [3.63, 3.8) is 0 Å². The van der Waals surface area contributed by atoms with Crippen LogP contribution in [-0.2, 0) is 7.05 Å². The summed E-state index contributed by atoms with van der Waals surface area (Å²) in [4.78, 5) is 22.7. The predicted octanol–water partition coefficient (Wildman–Crippen LogP) is 2.86. The number of carbonyl (C=O) groups excluding carboxylic acids is 2. The van der Waals surface area contributed by atoms with E-state index in [9.17, 15) is 14.0 Å². The van der Waals surface area contributed by atoms with Crippen LogP contribution in [0.1, 0.15) is 32.1 Å². The molecule has 0 bridgehead atoms. The molecule has 2 rings (SSSR count). The molecule has 2 aromatic rings. The zero-order valence-corrected chi connectivity index (χ0v) is 12.1. The minimum atomic E-state index is -0.659. The van der Waals surface area contributed by atoms with Gasteiger partial charge in [0.15, 0.2) is 18.2 Å². The molecule has 0 amide bonds. The van der Waals surface area contributed by atoms with Gasteiger partial charge < -0.3 is 9.30 Å². The number of aryl methyl sites for hydroxylation is 1. The number of aromatic nitrogens is 1. The van der Waals surface area contributed by atoms with Gasteiger partial charge in [-0.1, -0.05) is 0 Å². The molecule has 0 unspecified atom stereocenters. The summed E-state index contributed by atoms with van der Waals surface area (Å²) in [7, 11) is 1.88. The zero-order chi connectivity index (χ0) is 15.6. The summed E-state index contributed by atoms with van der Waals surface area (Å²) in [6, 6.07) is 5.64.